The number of rotatable bonds is 2. The molecule has 0 fully saturated rings. The van der Waals surface area contributed by atoms with Gasteiger partial charge in [-0.15, -0.1) is 0 Å². The summed E-state index contributed by atoms with van der Waals surface area (Å²) in [5.74, 6) is -0.354. The van der Waals surface area contributed by atoms with E-state index in [2.05, 4.69) is 0 Å². The van der Waals surface area contributed by atoms with Gasteiger partial charge in [-0.1, -0.05) is 0 Å². The van der Waals surface area contributed by atoms with Crippen molar-refractivity contribution >= 4 is 10.1 Å². The van der Waals surface area contributed by atoms with E-state index in [-0.39, 0.29) is 18.4 Å². The Hall–Kier alpha value is -0.170. The summed E-state index contributed by atoms with van der Waals surface area (Å²) in [5.41, 5.74) is 4.78. The van der Waals surface area contributed by atoms with Crippen molar-refractivity contribution < 1.29 is 13.0 Å². The third-order valence-corrected chi connectivity index (χ3v) is 1.13. The van der Waals surface area contributed by atoms with Crippen LogP contribution in [0.3, 0.4) is 0 Å². The van der Waals surface area contributed by atoms with Gasteiger partial charge in [0.15, 0.2) is 0 Å². The van der Waals surface area contributed by atoms with Gasteiger partial charge in [-0.25, -0.2) is 0 Å². The molecule has 0 saturated heterocycles. The first-order valence-corrected chi connectivity index (χ1v) is 3.32. The van der Waals surface area contributed by atoms with E-state index in [1.54, 1.807) is 0 Å². The average Bonchev–Trinajstić information content (AvgIpc) is 1.30. The monoisotopic (exact) mass is 142 g/mol. The molecule has 0 aliphatic rings. The summed E-state index contributed by atoms with van der Waals surface area (Å²) in [6.45, 7) is -0.0289. The molecule has 5 nitrogen and oxygen atoms in total. The molecule has 0 saturated carbocycles. The van der Waals surface area contributed by atoms with E-state index in [4.69, 9.17) is 10.3 Å². The second kappa shape index (κ2) is 3.79. The Kier molecular flexibility index (Phi) is 5.09. The normalized spacial score (nSPS) is 10.2. The molecule has 0 atom stereocenters. The molecule has 0 bridgehead atoms. The van der Waals surface area contributed by atoms with Crippen LogP contribution < -0.4 is 11.9 Å². The van der Waals surface area contributed by atoms with E-state index in [1.807, 2.05) is 0 Å². The molecule has 6 heteroatoms. The molecule has 0 aliphatic heterocycles. The Morgan fingerprint density at radius 2 is 1.88 bits per heavy atom. The molecule has 0 aromatic carbocycles. The van der Waals surface area contributed by atoms with E-state index >= 15 is 0 Å². The summed E-state index contributed by atoms with van der Waals surface area (Å²) in [6, 6.07) is 0. The fourth-order valence-corrected chi connectivity index (χ4v) is 0.447. The molecule has 0 spiro atoms. The second-order valence-electron chi connectivity index (χ2n) is 1.07. The van der Waals surface area contributed by atoms with Crippen molar-refractivity contribution in [2.75, 3.05) is 12.3 Å². The standard InChI is InChI=1S/C2H7NO3S.H3N/c3-1-2-7(4,5)6;/h1-3H2,(H,4,5,6);1H3. The maximum absolute atomic E-state index is 9.71. The highest BCUT2D eigenvalue weighted by atomic mass is 32.2. The van der Waals surface area contributed by atoms with Crippen LogP contribution in [-0.2, 0) is 10.1 Å². The lowest BCUT2D eigenvalue weighted by molar-refractivity contribution is 0.483. The largest absolute Gasteiger partial charge is 0.344 e. The first-order valence-electron chi connectivity index (χ1n) is 1.71. The van der Waals surface area contributed by atoms with Gasteiger partial charge in [-0.3, -0.25) is 4.55 Å². The van der Waals surface area contributed by atoms with Crippen LogP contribution in [0, 0.1) is 0 Å². The highest BCUT2D eigenvalue weighted by Gasteiger charge is 1.98. The van der Waals surface area contributed by atoms with Gasteiger partial charge in [0.25, 0.3) is 10.1 Å². The van der Waals surface area contributed by atoms with Crippen LogP contribution in [0.2, 0.25) is 0 Å². The SMILES string of the molecule is N.NCCS(=O)(=O)O. The van der Waals surface area contributed by atoms with Gasteiger partial charge in [0.05, 0.1) is 5.75 Å². The first kappa shape index (κ1) is 10.7. The first-order chi connectivity index (χ1) is 3.06. The fraction of sp³-hybridized carbons (Fsp3) is 1.00. The van der Waals surface area contributed by atoms with Crippen LogP contribution in [0.4, 0.5) is 0 Å². The zero-order chi connectivity index (χ0) is 5.91. The minimum Gasteiger partial charge on any atom is -0.344 e. The molecular formula is C2H10N2O3S. The van der Waals surface area contributed by atoms with Crippen molar-refractivity contribution in [2.45, 2.75) is 0 Å². The van der Waals surface area contributed by atoms with E-state index in [9.17, 15) is 8.42 Å². The Morgan fingerprint density at radius 3 is 1.88 bits per heavy atom. The molecule has 0 rings (SSSR count). The van der Waals surface area contributed by atoms with Gasteiger partial charge in [-0.05, 0) is 0 Å². The third-order valence-electron chi connectivity index (χ3n) is 0.376. The predicted molar refractivity (Wildman–Crippen MR) is 30.5 cm³/mol. The summed E-state index contributed by atoms with van der Waals surface area (Å²) in [7, 11) is -3.80. The molecule has 0 aromatic heterocycles. The van der Waals surface area contributed by atoms with Gasteiger partial charge in [0.2, 0.25) is 0 Å². The van der Waals surface area contributed by atoms with Gasteiger partial charge in [0.1, 0.15) is 0 Å². The van der Waals surface area contributed by atoms with Crippen molar-refractivity contribution in [1.29, 1.82) is 0 Å². The smallest absolute Gasteiger partial charge is 0.266 e. The summed E-state index contributed by atoms with van der Waals surface area (Å²) in [5, 5.41) is 0. The van der Waals surface area contributed by atoms with Crippen LogP contribution in [0.5, 0.6) is 0 Å². The van der Waals surface area contributed by atoms with Crippen LogP contribution in [0.25, 0.3) is 0 Å². The Morgan fingerprint density at radius 1 is 1.50 bits per heavy atom. The lowest BCUT2D eigenvalue weighted by Crippen LogP contribution is -2.13. The maximum Gasteiger partial charge on any atom is 0.266 e. The Labute approximate surface area is 48.2 Å². The number of nitrogens with two attached hydrogens (primary N) is 1. The number of hydrogen-bond acceptors (Lipinski definition) is 4. The maximum atomic E-state index is 9.71. The quantitative estimate of drug-likeness (QED) is 0.427. The van der Waals surface area contributed by atoms with Crippen LogP contribution >= 0.6 is 0 Å². The van der Waals surface area contributed by atoms with Crippen molar-refractivity contribution in [1.82, 2.24) is 6.15 Å². The summed E-state index contributed by atoms with van der Waals surface area (Å²) in [6.07, 6.45) is 0. The predicted octanol–water partition coefficient (Wildman–Crippen LogP) is -1.01. The summed E-state index contributed by atoms with van der Waals surface area (Å²) in [4.78, 5) is 0. The molecular weight excluding hydrogens is 132 g/mol. The van der Waals surface area contributed by atoms with Gasteiger partial charge >= 0.3 is 0 Å². The topological polar surface area (TPSA) is 115 Å². The minimum atomic E-state index is -3.80. The van der Waals surface area contributed by atoms with Crippen molar-refractivity contribution in [3.63, 3.8) is 0 Å². The average molecular weight is 142 g/mol. The highest BCUT2D eigenvalue weighted by molar-refractivity contribution is 7.85. The fourth-order valence-electron chi connectivity index (χ4n) is 0.149. The van der Waals surface area contributed by atoms with Crippen LogP contribution in [0.1, 0.15) is 0 Å². The van der Waals surface area contributed by atoms with Crippen molar-refractivity contribution in [2.24, 2.45) is 5.73 Å². The lowest BCUT2D eigenvalue weighted by atomic mass is 10.8. The van der Waals surface area contributed by atoms with Crippen LogP contribution in [-0.4, -0.2) is 25.3 Å². The molecule has 8 heavy (non-hydrogen) atoms. The molecule has 0 aromatic rings. The molecule has 52 valence electrons. The lowest BCUT2D eigenvalue weighted by Gasteiger charge is -1.86. The molecule has 0 radical (unpaired) electrons. The summed E-state index contributed by atoms with van der Waals surface area (Å²) < 4.78 is 27.3. The highest BCUT2D eigenvalue weighted by Crippen LogP contribution is 1.74. The van der Waals surface area contributed by atoms with Gasteiger partial charge in [0, 0.05) is 6.54 Å². The van der Waals surface area contributed by atoms with Crippen molar-refractivity contribution in [3.05, 3.63) is 0 Å². The minimum absolute atomic E-state index is 0. The molecule has 0 unspecified atom stereocenters. The third kappa shape index (κ3) is 9.27. The zero-order valence-electron chi connectivity index (χ0n) is 4.37. The Balaban J connectivity index is 0. The van der Waals surface area contributed by atoms with E-state index in [0.717, 1.165) is 0 Å². The van der Waals surface area contributed by atoms with Crippen molar-refractivity contribution in [3.8, 4) is 0 Å². The van der Waals surface area contributed by atoms with Gasteiger partial charge < -0.3 is 11.9 Å². The van der Waals surface area contributed by atoms with Crippen LogP contribution in [0.15, 0.2) is 0 Å². The Bertz CT molecular complexity index is 128. The molecule has 6 N–H and O–H groups in total. The summed E-state index contributed by atoms with van der Waals surface area (Å²) >= 11 is 0. The zero-order valence-corrected chi connectivity index (χ0v) is 5.19. The molecule has 0 aliphatic carbocycles. The molecule has 0 amide bonds. The van der Waals surface area contributed by atoms with E-state index < -0.39 is 10.1 Å². The van der Waals surface area contributed by atoms with E-state index in [1.165, 1.54) is 0 Å². The second-order valence-corrected chi connectivity index (χ2v) is 2.65. The molecule has 0 heterocycles. The van der Waals surface area contributed by atoms with Gasteiger partial charge in [-0.2, -0.15) is 8.42 Å². The van der Waals surface area contributed by atoms with E-state index in [0.29, 0.717) is 0 Å². The number of hydrogen-bond donors (Lipinski definition) is 3.